The smallest absolute Gasteiger partial charge is 0.262 e. The summed E-state index contributed by atoms with van der Waals surface area (Å²) in [5.41, 5.74) is 2.11. The quantitative estimate of drug-likeness (QED) is 0.511. The van der Waals surface area contributed by atoms with Crippen LogP contribution in [0.2, 0.25) is 0 Å². The van der Waals surface area contributed by atoms with Crippen LogP contribution in [0.15, 0.2) is 84.9 Å². The minimum Gasteiger partial charge on any atom is -0.372 e. The molecule has 0 fully saturated rings. The molecule has 0 saturated carbocycles. The fourth-order valence-electron chi connectivity index (χ4n) is 2.74. The highest BCUT2D eigenvalue weighted by Crippen LogP contribution is 2.29. The standard InChI is InChI=1S/C21H18NO3PS/c23-20(17-13-7-8-14-18(17)26-25)22-27-21(24)19(15-9-3-1-4-10-15)16-11-5-2-6-12-16/h1-14,19,25-26H,(H,22,23). The molecule has 1 unspecified atom stereocenters. The van der Waals surface area contributed by atoms with Crippen LogP contribution in [0.4, 0.5) is 0 Å². The first-order valence-electron chi connectivity index (χ1n) is 8.30. The van der Waals surface area contributed by atoms with Gasteiger partial charge in [0.05, 0.1) is 5.92 Å². The molecule has 27 heavy (non-hydrogen) atoms. The van der Waals surface area contributed by atoms with E-state index in [-0.39, 0.29) is 5.12 Å². The van der Waals surface area contributed by atoms with E-state index in [1.165, 1.54) is 0 Å². The van der Waals surface area contributed by atoms with Crippen molar-refractivity contribution in [1.82, 2.24) is 4.72 Å². The number of amides is 1. The Bertz CT molecular complexity index is 879. The maximum atomic E-state index is 12.9. The molecule has 0 aliphatic rings. The monoisotopic (exact) mass is 395 g/mol. The average Bonchev–Trinajstić information content (AvgIpc) is 2.73. The lowest BCUT2D eigenvalue weighted by atomic mass is 9.92. The number of rotatable bonds is 5. The summed E-state index contributed by atoms with van der Waals surface area (Å²) in [6, 6.07) is 25.8. The van der Waals surface area contributed by atoms with Crippen LogP contribution in [0.25, 0.3) is 0 Å². The van der Waals surface area contributed by atoms with Crippen LogP contribution in [-0.4, -0.2) is 15.9 Å². The zero-order valence-electron chi connectivity index (χ0n) is 14.3. The van der Waals surface area contributed by atoms with Gasteiger partial charge in [-0.25, -0.2) is 0 Å². The maximum absolute atomic E-state index is 12.9. The predicted octanol–water partition coefficient (Wildman–Crippen LogP) is 3.63. The lowest BCUT2D eigenvalue weighted by Crippen LogP contribution is -2.24. The van der Waals surface area contributed by atoms with E-state index in [9.17, 15) is 14.5 Å². The summed E-state index contributed by atoms with van der Waals surface area (Å²) in [4.78, 5) is 34.8. The second-order valence-corrected chi connectivity index (χ2v) is 7.34. The lowest BCUT2D eigenvalue weighted by molar-refractivity contribution is -0.111. The molecule has 0 radical (unpaired) electrons. The molecular formula is C21H18NO3PS. The summed E-state index contributed by atoms with van der Waals surface area (Å²) < 4.78 is 2.61. The summed E-state index contributed by atoms with van der Waals surface area (Å²) in [5.74, 6) is -0.877. The molecule has 2 N–H and O–H groups in total. The summed E-state index contributed by atoms with van der Waals surface area (Å²) >= 11 is 0.779. The molecule has 0 spiro atoms. The Kier molecular flexibility index (Phi) is 6.77. The maximum Gasteiger partial charge on any atom is 0.262 e. The number of carbonyl (C=O) groups excluding carboxylic acids is 2. The molecule has 0 saturated heterocycles. The van der Waals surface area contributed by atoms with Gasteiger partial charge in [0.2, 0.25) is 5.12 Å². The number of benzene rings is 3. The molecule has 136 valence electrons. The van der Waals surface area contributed by atoms with E-state index in [1.54, 1.807) is 24.3 Å². The van der Waals surface area contributed by atoms with Crippen LogP contribution >= 0.6 is 20.8 Å². The van der Waals surface area contributed by atoms with E-state index >= 15 is 0 Å². The molecular weight excluding hydrogens is 377 g/mol. The molecule has 0 heterocycles. The summed E-state index contributed by atoms with van der Waals surface area (Å²) in [5, 5.41) is 0.371. The Morgan fingerprint density at radius 3 is 1.89 bits per heavy atom. The highest BCUT2D eigenvalue weighted by Gasteiger charge is 2.24. The molecule has 1 atom stereocenters. The van der Waals surface area contributed by atoms with E-state index in [0.29, 0.717) is 10.9 Å². The minimum absolute atomic E-state index is 0.176. The molecule has 1 amide bonds. The minimum atomic E-state index is -0.484. The topological polar surface area (TPSA) is 66.4 Å². The second-order valence-electron chi connectivity index (χ2n) is 5.76. The van der Waals surface area contributed by atoms with E-state index in [0.717, 1.165) is 23.1 Å². The summed E-state index contributed by atoms with van der Waals surface area (Å²) in [7, 11) is -0.484. The van der Waals surface area contributed by atoms with Gasteiger partial charge in [-0.3, -0.25) is 14.3 Å². The molecule has 3 aromatic rings. The second kappa shape index (κ2) is 9.47. The van der Waals surface area contributed by atoms with Gasteiger partial charge < -0.3 is 4.89 Å². The van der Waals surface area contributed by atoms with Crippen molar-refractivity contribution in [2.75, 3.05) is 0 Å². The SMILES string of the molecule is O=C(NSC(=O)C(c1ccccc1)c1ccccc1)c1ccccc1PO. The molecule has 4 nitrogen and oxygen atoms in total. The van der Waals surface area contributed by atoms with Crippen LogP contribution in [0.3, 0.4) is 0 Å². The van der Waals surface area contributed by atoms with Gasteiger partial charge in [-0.05, 0) is 17.2 Å². The Balaban J connectivity index is 1.78. The molecule has 0 aromatic heterocycles. The largest absolute Gasteiger partial charge is 0.372 e. The number of hydrogen-bond donors (Lipinski definition) is 2. The van der Waals surface area contributed by atoms with E-state index < -0.39 is 20.6 Å². The van der Waals surface area contributed by atoms with Gasteiger partial charge in [0.15, 0.2) is 0 Å². The van der Waals surface area contributed by atoms with Crippen LogP contribution < -0.4 is 10.0 Å². The van der Waals surface area contributed by atoms with Crippen LogP contribution in [0.5, 0.6) is 0 Å². The Morgan fingerprint density at radius 1 is 0.815 bits per heavy atom. The zero-order chi connectivity index (χ0) is 19.1. The van der Waals surface area contributed by atoms with E-state index in [4.69, 9.17) is 0 Å². The van der Waals surface area contributed by atoms with Crippen molar-refractivity contribution in [2.45, 2.75) is 5.92 Å². The van der Waals surface area contributed by atoms with Crippen LogP contribution in [-0.2, 0) is 4.79 Å². The van der Waals surface area contributed by atoms with Gasteiger partial charge in [0.25, 0.3) is 5.91 Å². The van der Waals surface area contributed by atoms with Crippen molar-refractivity contribution in [3.8, 4) is 0 Å². The molecule has 0 bridgehead atoms. The van der Waals surface area contributed by atoms with Crippen molar-refractivity contribution >= 4 is 37.1 Å². The molecule has 3 aromatic carbocycles. The third kappa shape index (κ3) is 4.83. The number of hydrogen-bond acceptors (Lipinski definition) is 4. The molecule has 0 aliphatic carbocycles. The third-order valence-corrected chi connectivity index (χ3v) is 5.44. The van der Waals surface area contributed by atoms with Gasteiger partial charge in [0.1, 0.15) is 0 Å². The van der Waals surface area contributed by atoms with Crippen molar-refractivity contribution in [3.05, 3.63) is 102 Å². The summed E-state index contributed by atoms with van der Waals surface area (Å²) in [6.07, 6.45) is 0. The van der Waals surface area contributed by atoms with E-state index in [1.807, 2.05) is 60.7 Å². The van der Waals surface area contributed by atoms with Crippen molar-refractivity contribution in [2.24, 2.45) is 0 Å². The molecule has 3 rings (SSSR count). The molecule has 0 aliphatic heterocycles. The lowest BCUT2D eigenvalue weighted by Gasteiger charge is -2.16. The highest BCUT2D eigenvalue weighted by molar-refractivity contribution is 8.12. The normalized spacial score (nSPS) is 11.0. The van der Waals surface area contributed by atoms with Gasteiger partial charge in [-0.2, -0.15) is 0 Å². The summed E-state index contributed by atoms with van der Waals surface area (Å²) in [6.45, 7) is 0. The highest BCUT2D eigenvalue weighted by atomic mass is 32.2. The predicted molar refractivity (Wildman–Crippen MR) is 111 cm³/mol. The first kappa shape index (κ1) is 19.3. The van der Waals surface area contributed by atoms with Gasteiger partial charge >= 0.3 is 0 Å². The van der Waals surface area contributed by atoms with Crippen molar-refractivity contribution in [3.63, 3.8) is 0 Å². The number of carbonyl (C=O) groups is 2. The van der Waals surface area contributed by atoms with Gasteiger partial charge in [-0.1, -0.05) is 78.9 Å². The first-order chi connectivity index (χ1) is 13.2. The molecule has 6 heteroatoms. The van der Waals surface area contributed by atoms with Crippen molar-refractivity contribution in [1.29, 1.82) is 0 Å². The Labute approximate surface area is 164 Å². The fourth-order valence-corrected chi connectivity index (χ4v) is 3.93. The zero-order valence-corrected chi connectivity index (χ0v) is 16.1. The van der Waals surface area contributed by atoms with Gasteiger partial charge in [0, 0.05) is 31.6 Å². The fraction of sp³-hybridized carbons (Fsp3) is 0.0476. The Morgan fingerprint density at radius 2 is 1.33 bits per heavy atom. The average molecular weight is 395 g/mol. The third-order valence-electron chi connectivity index (χ3n) is 4.04. The van der Waals surface area contributed by atoms with E-state index in [2.05, 4.69) is 4.72 Å². The first-order valence-corrected chi connectivity index (χ1v) is 10.1. The Hall–Kier alpha value is -2.46. The van der Waals surface area contributed by atoms with Crippen LogP contribution in [0, 0.1) is 0 Å². The number of nitrogens with one attached hydrogen (secondary N) is 1. The van der Waals surface area contributed by atoms with Crippen molar-refractivity contribution < 1.29 is 14.5 Å². The van der Waals surface area contributed by atoms with Crippen LogP contribution in [0.1, 0.15) is 27.4 Å². The van der Waals surface area contributed by atoms with Gasteiger partial charge in [-0.15, -0.1) is 0 Å².